The number of amides is 2. The van der Waals surface area contributed by atoms with E-state index in [0.717, 1.165) is 0 Å². The number of thiazole rings is 1. The molecule has 7 heteroatoms. The Morgan fingerprint density at radius 2 is 2.12 bits per heavy atom. The van der Waals surface area contributed by atoms with Gasteiger partial charge in [0.25, 0.3) is 0 Å². The number of hydrogen-bond donors (Lipinski definition) is 2. The first-order valence-electron chi connectivity index (χ1n) is 4.77. The van der Waals surface area contributed by atoms with E-state index in [-0.39, 0.29) is 24.9 Å². The Hall–Kier alpha value is -1.47. The minimum atomic E-state index is -0.640. The number of aromatic nitrogens is 1. The van der Waals surface area contributed by atoms with E-state index in [1.807, 2.05) is 0 Å². The monoisotopic (exact) mass is 241 g/mol. The smallest absolute Gasteiger partial charge is 0.246 e. The zero-order valence-corrected chi connectivity index (χ0v) is 9.45. The van der Waals surface area contributed by atoms with E-state index in [4.69, 9.17) is 0 Å². The Kier molecular flexibility index (Phi) is 2.88. The van der Waals surface area contributed by atoms with Crippen molar-refractivity contribution in [2.75, 3.05) is 18.0 Å². The fraction of sp³-hybridized carbons (Fsp3) is 0.444. The Balaban J connectivity index is 2.16. The van der Waals surface area contributed by atoms with Gasteiger partial charge in [0.15, 0.2) is 5.13 Å². The molecule has 2 heterocycles. The second-order valence-corrected chi connectivity index (χ2v) is 4.39. The lowest BCUT2D eigenvalue weighted by molar-refractivity contribution is -0.130. The van der Waals surface area contributed by atoms with Crippen molar-refractivity contribution in [1.29, 1.82) is 0 Å². The van der Waals surface area contributed by atoms with Crippen molar-refractivity contribution in [3.05, 3.63) is 11.1 Å². The quantitative estimate of drug-likeness (QED) is 0.692. The van der Waals surface area contributed by atoms with Crippen LogP contribution in [0.3, 0.4) is 0 Å². The molecule has 1 atom stereocenters. The van der Waals surface area contributed by atoms with E-state index in [2.05, 4.69) is 10.3 Å². The molecule has 0 spiro atoms. The molecular formula is C9H11N3O3S. The van der Waals surface area contributed by atoms with E-state index < -0.39 is 6.10 Å². The number of nitrogens with one attached hydrogen (secondary N) is 1. The summed E-state index contributed by atoms with van der Waals surface area (Å²) in [4.78, 5) is 28.1. The molecule has 1 fully saturated rings. The van der Waals surface area contributed by atoms with Crippen LogP contribution < -0.4 is 10.2 Å². The number of aliphatic hydroxyl groups excluding tert-OH is 1. The molecule has 6 nitrogen and oxygen atoms in total. The summed E-state index contributed by atoms with van der Waals surface area (Å²) < 4.78 is 0. The highest BCUT2D eigenvalue weighted by atomic mass is 32.1. The third-order valence-corrected chi connectivity index (χ3v) is 3.08. The predicted molar refractivity (Wildman–Crippen MR) is 58.1 cm³/mol. The predicted octanol–water partition coefficient (Wildman–Crippen LogP) is -0.341. The highest BCUT2D eigenvalue weighted by Gasteiger charge is 2.24. The molecule has 0 saturated carbocycles. The summed E-state index contributed by atoms with van der Waals surface area (Å²) in [5, 5.41) is 13.8. The highest BCUT2D eigenvalue weighted by Crippen LogP contribution is 2.24. The molecule has 1 aliphatic heterocycles. The summed E-state index contributed by atoms with van der Waals surface area (Å²) in [6.45, 7) is 1.86. The molecule has 1 unspecified atom stereocenters. The molecule has 0 bridgehead atoms. The maximum atomic E-state index is 11.2. The average Bonchev–Trinajstić information content (AvgIpc) is 2.64. The summed E-state index contributed by atoms with van der Waals surface area (Å²) in [5.41, 5.74) is 0.554. The van der Waals surface area contributed by atoms with Crippen molar-refractivity contribution < 1.29 is 14.7 Å². The number of anilines is 1. The van der Waals surface area contributed by atoms with Gasteiger partial charge in [-0.15, -0.1) is 11.3 Å². The third kappa shape index (κ3) is 2.20. The van der Waals surface area contributed by atoms with Gasteiger partial charge in [0.1, 0.15) is 13.1 Å². The topological polar surface area (TPSA) is 82.5 Å². The van der Waals surface area contributed by atoms with Gasteiger partial charge < -0.3 is 10.0 Å². The number of piperazine rings is 1. The van der Waals surface area contributed by atoms with Crippen molar-refractivity contribution in [3.8, 4) is 0 Å². The average molecular weight is 241 g/mol. The normalized spacial score (nSPS) is 18.5. The highest BCUT2D eigenvalue weighted by molar-refractivity contribution is 7.13. The van der Waals surface area contributed by atoms with Crippen LogP contribution in [0.1, 0.15) is 18.7 Å². The number of carbonyl (C=O) groups is 2. The summed E-state index contributed by atoms with van der Waals surface area (Å²) in [6, 6.07) is 0. The fourth-order valence-electron chi connectivity index (χ4n) is 1.39. The first-order chi connectivity index (χ1) is 7.56. The summed E-state index contributed by atoms with van der Waals surface area (Å²) in [7, 11) is 0. The number of carbonyl (C=O) groups excluding carboxylic acids is 2. The molecular weight excluding hydrogens is 230 g/mol. The van der Waals surface area contributed by atoms with Crippen molar-refractivity contribution >= 4 is 28.3 Å². The van der Waals surface area contributed by atoms with Gasteiger partial charge in [-0.3, -0.25) is 14.9 Å². The summed E-state index contributed by atoms with van der Waals surface area (Å²) in [5.74, 6) is -0.657. The lowest BCUT2D eigenvalue weighted by Crippen LogP contribution is -2.51. The van der Waals surface area contributed by atoms with Crippen LogP contribution in [0.25, 0.3) is 0 Å². The van der Waals surface area contributed by atoms with Gasteiger partial charge in [-0.2, -0.15) is 0 Å². The molecule has 0 aliphatic carbocycles. The maximum Gasteiger partial charge on any atom is 0.246 e. The zero-order valence-electron chi connectivity index (χ0n) is 8.64. The van der Waals surface area contributed by atoms with Crippen LogP contribution in [0, 0.1) is 0 Å². The SMILES string of the molecule is CC(O)c1csc(N2CC(=O)NC(=O)C2)n1. The molecule has 2 N–H and O–H groups in total. The fourth-order valence-corrected chi connectivity index (χ4v) is 2.30. The van der Waals surface area contributed by atoms with Gasteiger partial charge in [0, 0.05) is 5.38 Å². The molecule has 1 aromatic rings. The van der Waals surface area contributed by atoms with Crippen molar-refractivity contribution in [3.63, 3.8) is 0 Å². The molecule has 16 heavy (non-hydrogen) atoms. The summed E-state index contributed by atoms with van der Waals surface area (Å²) in [6.07, 6.45) is -0.640. The maximum absolute atomic E-state index is 11.2. The minimum Gasteiger partial charge on any atom is -0.387 e. The van der Waals surface area contributed by atoms with Gasteiger partial charge in [-0.05, 0) is 6.92 Å². The standard InChI is InChI=1S/C9H11N3O3S/c1-5(13)6-4-16-9(10-6)12-2-7(14)11-8(15)3-12/h4-5,13H,2-3H2,1H3,(H,11,14,15). The number of rotatable bonds is 2. The molecule has 2 amide bonds. The second kappa shape index (κ2) is 4.18. The molecule has 1 saturated heterocycles. The van der Waals surface area contributed by atoms with E-state index in [1.165, 1.54) is 11.3 Å². The number of nitrogens with zero attached hydrogens (tertiary/aromatic N) is 2. The summed E-state index contributed by atoms with van der Waals surface area (Å²) >= 11 is 1.31. The van der Waals surface area contributed by atoms with Crippen molar-refractivity contribution in [2.24, 2.45) is 0 Å². The van der Waals surface area contributed by atoms with E-state index in [9.17, 15) is 14.7 Å². The molecule has 0 radical (unpaired) electrons. The van der Waals surface area contributed by atoms with Crippen LogP contribution in [0.4, 0.5) is 5.13 Å². The van der Waals surface area contributed by atoms with E-state index in [0.29, 0.717) is 10.8 Å². The van der Waals surface area contributed by atoms with Crippen molar-refractivity contribution in [2.45, 2.75) is 13.0 Å². The zero-order chi connectivity index (χ0) is 11.7. The third-order valence-electron chi connectivity index (χ3n) is 2.16. The Bertz CT molecular complexity index is 413. The van der Waals surface area contributed by atoms with Gasteiger partial charge in [-0.25, -0.2) is 4.98 Å². The molecule has 86 valence electrons. The van der Waals surface area contributed by atoms with E-state index >= 15 is 0 Å². The Morgan fingerprint density at radius 1 is 1.50 bits per heavy atom. The number of hydrogen-bond acceptors (Lipinski definition) is 6. The Morgan fingerprint density at radius 3 is 2.62 bits per heavy atom. The molecule has 1 aromatic heterocycles. The lowest BCUT2D eigenvalue weighted by Gasteiger charge is -2.24. The lowest BCUT2D eigenvalue weighted by atomic mass is 10.3. The second-order valence-electron chi connectivity index (χ2n) is 3.56. The van der Waals surface area contributed by atoms with Crippen LogP contribution >= 0.6 is 11.3 Å². The van der Waals surface area contributed by atoms with Gasteiger partial charge in [0.2, 0.25) is 11.8 Å². The van der Waals surface area contributed by atoms with Gasteiger partial charge >= 0.3 is 0 Å². The van der Waals surface area contributed by atoms with Gasteiger partial charge in [0.05, 0.1) is 11.8 Å². The first-order valence-corrected chi connectivity index (χ1v) is 5.65. The number of aliphatic hydroxyl groups is 1. The van der Waals surface area contributed by atoms with Crippen LogP contribution in [-0.2, 0) is 9.59 Å². The van der Waals surface area contributed by atoms with Crippen LogP contribution in [0.2, 0.25) is 0 Å². The number of imide groups is 1. The van der Waals surface area contributed by atoms with Crippen LogP contribution in [0.15, 0.2) is 5.38 Å². The molecule has 1 aliphatic rings. The Labute approximate surface area is 95.9 Å². The minimum absolute atomic E-state index is 0.124. The van der Waals surface area contributed by atoms with Gasteiger partial charge in [-0.1, -0.05) is 0 Å². The van der Waals surface area contributed by atoms with Crippen molar-refractivity contribution in [1.82, 2.24) is 10.3 Å². The molecule has 2 rings (SSSR count). The van der Waals surface area contributed by atoms with E-state index in [1.54, 1.807) is 17.2 Å². The van der Waals surface area contributed by atoms with Crippen LogP contribution in [0.5, 0.6) is 0 Å². The largest absolute Gasteiger partial charge is 0.387 e. The first kappa shape index (κ1) is 11.0. The van der Waals surface area contributed by atoms with Crippen LogP contribution in [-0.4, -0.2) is 35.0 Å². The molecule has 0 aromatic carbocycles.